The first kappa shape index (κ1) is 17.7. The zero-order valence-electron chi connectivity index (χ0n) is 13.2. The number of allylic oxidation sites excluding steroid dienone is 1. The molecule has 0 fully saturated rings. The molecule has 3 aromatic rings. The quantitative estimate of drug-likeness (QED) is 0.449. The second-order valence-electron chi connectivity index (χ2n) is 5.25. The molecule has 0 aliphatic heterocycles. The number of hydrogen-bond donors (Lipinski definition) is 1. The second-order valence-corrected chi connectivity index (χ2v) is 7.11. The Morgan fingerprint density at radius 3 is 2.80 bits per heavy atom. The molecule has 128 valence electrons. The standard InChI is InChI=1S/C18H15BrFN3OS/c1-2-9-23-17(14-10-13(19)7-8-16(14)24)21-22-18(23)25-11-12-5-3-4-6-15(12)20/h2-8,10,24H,1,9,11H2. The summed E-state index contributed by atoms with van der Waals surface area (Å²) in [5.41, 5.74) is 1.17. The highest BCUT2D eigenvalue weighted by Gasteiger charge is 2.17. The Morgan fingerprint density at radius 2 is 2.04 bits per heavy atom. The molecule has 0 unspecified atom stereocenters. The summed E-state index contributed by atoms with van der Waals surface area (Å²) in [4.78, 5) is 0. The topological polar surface area (TPSA) is 50.9 Å². The van der Waals surface area contributed by atoms with E-state index in [1.807, 2.05) is 4.57 Å². The monoisotopic (exact) mass is 419 g/mol. The molecule has 2 aromatic carbocycles. The van der Waals surface area contributed by atoms with E-state index in [1.165, 1.54) is 17.8 Å². The first-order chi connectivity index (χ1) is 12.1. The first-order valence-electron chi connectivity index (χ1n) is 7.49. The first-order valence-corrected chi connectivity index (χ1v) is 9.27. The van der Waals surface area contributed by atoms with Crippen LogP contribution >= 0.6 is 27.7 Å². The normalized spacial score (nSPS) is 10.8. The number of benzene rings is 2. The van der Waals surface area contributed by atoms with Crippen molar-refractivity contribution in [2.45, 2.75) is 17.5 Å². The van der Waals surface area contributed by atoms with Crippen molar-refractivity contribution in [1.82, 2.24) is 14.8 Å². The lowest BCUT2D eigenvalue weighted by Gasteiger charge is -2.09. The summed E-state index contributed by atoms with van der Waals surface area (Å²) in [5.74, 6) is 0.850. The average Bonchev–Trinajstić information content (AvgIpc) is 2.99. The number of halogens is 2. The SMILES string of the molecule is C=CCn1c(SCc2ccccc2F)nnc1-c1cc(Br)ccc1O. The van der Waals surface area contributed by atoms with Gasteiger partial charge in [0, 0.05) is 16.8 Å². The minimum absolute atomic E-state index is 0.117. The van der Waals surface area contributed by atoms with Crippen LogP contribution < -0.4 is 0 Å². The maximum Gasteiger partial charge on any atom is 0.192 e. The summed E-state index contributed by atoms with van der Waals surface area (Å²) in [6.07, 6.45) is 1.73. The summed E-state index contributed by atoms with van der Waals surface area (Å²) in [6, 6.07) is 11.8. The Bertz CT molecular complexity index is 913. The minimum atomic E-state index is -0.241. The number of nitrogens with zero attached hydrogens (tertiary/aromatic N) is 3. The molecule has 0 spiro atoms. The van der Waals surface area contributed by atoms with Crippen LogP contribution in [0.2, 0.25) is 0 Å². The number of aromatic hydroxyl groups is 1. The Balaban J connectivity index is 1.93. The van der Waals surface area contributed by atoms with Crippen molar-refractivity contribution in [3.05, 3.63) is 71.0 Å². The van der Waals surface area contributed by atoms with Crippen LogP contribution in [0.1, 0.15) is 5.56 Å². The maximum atomic E-state index is 13.8. The Hall–Kier alpha value is -2.12. The molecule has 0 atom stereocenters. The van der Waals surface area contributed by atoms with Gasteiger partial charge >= 0.3 is 0 Å². The minimum Gasteiger partial charge on any atom is -0.507 e. The molecular formula is C18H15BrFN3OS. The van der Waals surface area contributed by atoms with Crippen LogP contribution in [-0.4, -0.2) is 19.9 Å². The van der Waals surface area contributed by atoms with Gasteiger partial charge in [-0.1, -0.05) is 52.0 Å². The van der Waals surface area contributed by atoms with Gasteiger partial charge in [-0.25, -0.2) is 4.39 Å². The van der Waals surface area contributed by atoms with Gasteiger partial charge in [-0.15, -0.1) is 16.8 Å². The van der Waals surface area contributed by atoms with Gasteiger partial charge in [0.15, 0.2) is 11.0 Å². The Kier molecular flexibility index (Phi) is 5.55. The summed E-state index contributed by atoms with van der Waals surface area (Å²) < 4.78 is 16.5. The number of aromatic nitrogens is 3. The van der Waals surface area contributed by atoms with Crippen LogP contribution in [0.4, 0.5) is 4.39 Å². The summed E-state index contributed by atoms with van der Waals surface area (Å²) >= 11 is 4.79. The lowest BCUT2D eigenvalue weighted by molar-refractivity contribution is 0.476. The van der Waals surface area contributed by atoms with E-state index in [-0.39, 0.29) is 11.6 Å². The molecule has 25 heavy (non-hydrogen) atoms. The van der Waals surface area contributed by atoms with Crippen LogP contribution in [0.25, 0.3) is 11.4 Å². The van der Waals surface area contributed by atoms with Crippen molar-refractivity contribution in [3.63, 3.8) is 0 Å². The number of phenols is 1. The molecule has 1 aromatic heterocycles. The summed E-state index contributed by atoms with van der Waals surface area (Å²) in [6.45, 7) is 4.25. The van der Waals surface area contributed by atoms with E-state index in [2.05, 4.69) is 32.7 Å². The van der Waals surface area contributed by atoms with Gasteiger partial charge in [-0.05, 0) is 29.8 Å². The van der Waals surface area contributed by atoms with Crippen LogP contribution in [0, 0.1) is 5.82 Å². The number of rotatable bonds is 6. The molecule has 1 heterocycles. The highest BCUT2D eigenvalue weighted by atomic mass is 79.9. The average molecular weight is 420 g/mol. The van der Waals surface area contributed by atoms with Crippen LogP contribution in [0.5, 0.6) is 5.75 Å². The molecule has 4 nitrogen and oxygen atoms in total. The third kappa shape index (κ3) is 3.93. The summed E-state index contributed by atoms with van der Waals surface area (Å²) in [7, 11) is 0. The predicted octanol–water partition coefficient (Wildman–Crippen LogP) is 5.03. The van der Waals surface area contributed by atoms with Gasteiger partial charge in [0.25, 0.3) is 0 Å². The predicted molar refractivity (Wildman–Crippen MR) is 101 cm³/mol. The number of hydrogen-bond acceptors (Lipinski definition) is 4. The van der Waals surface area contributed by atoms with Gasteiger partial charge in [0.2, 0.25) is 0 Å². The van der Waals surface area contributed by atoms with Crippen LogP contribution in [0.15, 0.2) is 64.7 Å². The fourth-order valence-corrected chi connectivity index (χ4v) is 3.63. The zero-order valence-corrected chi connectivity index (χ0v) is 15.6. The molecule has 0 aliphatic rings. The molecule has 0 bridgehead atoms. The molecule has 1 N–H and O–H groups in total. The Labute approximate surface area is 157 Å². The van der Waals surface area contributed by atoms with E-state index in [0.717, 1.165) is 4.47 Å². The van der Waals surface area contributed by atoms with E-state index < -0.39 is 0 Å². The largest absolute Gasteiger partial charge is 0.507 e. The maximum absolute atomic E-state index is 13.8. The van der Waals surface area contributed by atoms with Crippen molar-refractivity contribution in [3.8, 4) is 17.1 Å². The molecule has 0 radical (unpaired) electrons. The van der Waals surface area contributed by atoms with E-state index in [4.69, 9.17) is 0 Å². The third-order valence-corrected chi connectivity index (χ3v) is 5.05. The van der Waals surface area contributed by atoms with Crippen molar-refractivity contribution in [1.29, 1.82) is 0 Å². The second kappa shape index (κ2) is 7.84. The van der Waals surface area contributed by atoms with E-state index >= 15 is 0 Å². The lowest BCUT2D eigenvalue weighted by atomic mass is 10.2. The molecule has 3 rings (SSSR count). The Morgan fingerprint density at radius 1 is 1.24 bits per heavy atom. The number of phenolic OH excluding ortho intramolecular Hbond substituents is 1. The van der Waals surface area contributed by atoms with Gasteiger partial charge in [-0.2, -0.15) is 0 Å². The van der Waals surface area contributed by atoms with E-state index in [9.17, 15) is 9.50 Å². The molecule has 0 saturated heterocycles. The van der Waals surface area contributed by atoms with Crippen molar-refractivity contribution < 1.29 is 9.50 Å². The van der Waals surface area contributed by atoms with Gasteiger partial charge < -0.3 is 5.11 Å². The molecule has 7 heteroatoms. The van der Waals surface area contributed by atoms with Crippen LogP contribution in [0.3, 0.4) is 0 Å². The summed E-state index contributed by atoms with van der Waals surface area (Å²) in [5, 5.41) is 19.2. The van der Waals surface area contributed by atoms with Crippen LogP contribution in [-0.2, 0) is 12.3 Å². The van der Waals surface area contributed by atoms with E-state index in [0.29, 0.717) is 34.4 Å². The lowest BCUT2D eigenvalue weighted by Crippen LogP contribution is -2.01. The van der Waals surface area contributed by atoms with Crippen molar-refractivity contribution >= 4 is 27.7 Å². The highest BCUT2D eigenvalue weighted by Crippen LogP contribution is 2.33. The number of thioether (sulfide) groups is 1. The molecule has 0 amide bonds. The van der Waals surface area contributed by atoms with Gasteiger partial charge in [0.05, 0.1) is 5.56 Å². The van der Waals surface area contributed by atoms with Crippen molar-refractivity contribution in [2.75, 3.05) is 0 Å². The fraction of sp³-hybridized carbons (Fsp3) is 0.111. The third-order valence-electron chi connectivity index (χ3n) is 3.54. The molecule has 0 aliphatic carbocycles. The van der Waals surface area contributed by atoms with Crippen molar-refractivity contribution in [2.24, 2.45) is 0 Å². The fourth-order valence-electron chi connectivity index (χ4n) is 2.33. The van der Waals surface area contributed by atoms with E-state index in [1.54, 1.807) is 42.5 Å². The zero-order chi connectivity index (χ0) is 17.8. The highest BCUT2D eigenvalue weighted by molar-refractivity contribution is 9.10. The van der Waals surface area contributed by atoms with Gasteiger partial charge in [0.1, 0.15) is 11.6 Å². The molecule has 0 saturated carbocycles. The van der Waals surface area contributed by atoms with Gasteiger partial charge in [-0.3, -0.25) is 4.57 Å². The molecular weight excluding hydrogens is 405 g/mol. The smallest absolute Gasteiger partial charge is 0.192 e.